The number of amides is 14. The van der Waals surface area contributed by atoms with Crippen LogP contribution < -0.4 is 104 Å². The molecule has 3 aromatic carbocycles. The number of carboxylic acids is 2. The largest absolute Gasteiger partial charge is 0.508 e. The Morgan fingerprint density at radius 1 is 0.388 bits per heavy atom. The summed E-state index contributed by atoms with van der Waals surface area (Å²) < 4.78 is 0. The van der Waals surface area contributed by atoms with Crippen LogP contribution in [0.1, 0.15) is 159 Å². The molecule has 28 N–H and O–H groups in total. The van der Waals surface area contributed by atoms with Crippen molar-refractivity contribution in [3.8, 4) is 5.75 Å². The molecule has 3 aromatic rings. The molecule has 4 rings (SSSR count). The van der Waals surface area contributed by atoms with Crippen LogP contribution in [0.15, 0.2) is 84.9 Å². The number of hydrogen-bond acceptors (Lipinski definition) is 22. The fourth-order valence-corrected chi connectivity index (χ4v) is 12.6. The zero-order valence-electron chi connectivity index (χ0n) is 65.9. The Kier molecular flexibility index (Phi) is 44.4. The molecule has 0 saturated carbocycles. The number of carbonyl (C=O) groups excluding carboxylic acids is 14. The van der Waals surface area contributed by atoms with E-state index < -0.39 is 181 Å². The Morgan fingerprint density at radius 3 is 1.04 bits per heavy atom. The maximum atomic E-state index is 14.9. The Balaban J connectivity index is 1.61. The number of benzene rings is 3. The van der Waals surface area contributed by atoms with Crippen molar-refractivity contribution in [2.45, 2.75) is 234 Å². The van der Waals surface area contributed by atoms with Gasteiger partial charge in [0.1, 0.15) is 78.3 Å². The quantitative estimate of drug-likeness (QED) is 0.0242. The molecule has 0 unspecified atom stereocenters. The lowest BCUT2D eigenvalue weighted by Gasteiger charge is -2.28. The average Bonchev–Trinajstić information content (AvgIpc) is 1.15. The van der Waals surface area contributed by atoms with Crippen LogP contribution in [-0.4, -0.2) is 222 Å². The molecule has 0 spiro atoms. The molecule has 0 radical (unpaired) electrons. The highest BCUT2D eigenvalue weighted by Crippen LogP contribution is 2.17. The molecule has 1 aliphatic rings. The summed E-state index contributed by atoms with van der Waals surface area (Å²) in [7, 11) is 0. The number of phenols is 1. The summed E-state index contributed by atoms with van der Waals surface area (Å²) in [6.45, 7) is 3.64. The van der Waals surface area contributed by atoms with Crippen molar-refractivity contribution >= 4 is 94.6 Å². The molecule has 1 saturated heterocycles. The predicted molar refractivity (Wildman–Crippen MR) is 425 cm³/mol. The van der Waals surface area contributed by atoms with Gasteiger partial charge >= 0.3 is 11.9 Å². The summed E-state index contributed by atoms with van der Waals surface area (Å²) in [5.74, 6) is -16.2. The highest BCUT2D eigenvalue weighted by molar-refractivity contribution is 6.01. The van der Waals surface area contributed by atoms with Crippen molar-refractivity contribution in [3.05, 3.63) is 102 Å². The van der Waals surface area contributed by atoms with Crippen molar-refractivity contribution in [3.63, 3.8) is 0 Å². The lowest BCUT2D eigenvalue weighted by atomic mass is 10.0. The first-order chi connectivity index (χ1) is 55.4. The lowest BCUT2D eigenvalue weighted by Crippen LogP contribution is -2.61. The topological polar surface area (TPSA) is 646 Å². The van der Waals surface area contributed by atoms with Crippen molar-refractivity contribution in [2.24, 2.45) is 40.3 Å². The molecular formula is C78H119N19O19. The van der Waals surface area contributed by atoms with Crippen LogP contribution in [0.25, 0.3) is 0 Å². The van der Waals surface area contributed by atoms with Crippen molar-refractivity contribution in [1.29, 1.82) is 0 Å². The van der Waals surface area contributed by atoms with Gasteiger partial charge in [-0.05, 0) is 177 Å². The van der Waals surface area contributed by atoms with E-state index >= 15 is 0 Å². The number of unbranched alkanes of at least 4 members (excludes halogenated alkanes) is 5. The minimum Gasteiger partial charge on any atom is -0.508 e. The van der Waals surface area contributed by atoms with E-state index in [1.54, 1.807) is 74.5 Å². The first-order valence-corrected chi connectivity index (χ1v) is 39.4. The number of phenolic OH excluding ortho intramolecular Hbond substituents is 1. The molecule has 1 fully saturated rings. The molecule has 1 aliphatic heterocycles. The van der Waals surface area contributed by atoms with Crippen LogP contribution in [-0.2, 0) is 96.0 Å². The second kappa shape index (κ2) is 53.0. The molecule has 640 valence electrons. The Morgan fingerprint density at radius 2 is 0.698 bits per heavy atom. The van der Waals surface area contributed by atoms with Gasteiger partial charge in [0, 0.05) is 25.7 Å². The van der Waals surface area contributed by atoms with E-state index in [-0.39, 0.29) is 159 Å². The molecule has 116 heavy (non-hydrogen) atoms. The van der Waals surface area contributed by atoms with Gasteiger partial charge in [-0.2, -0.15) is 0 Å². The number of hydrogen-bond donors (Lipinski definition) is 22. The van der Waals surface area contributed by atoms with Gasteiger partial charge in [-0.15, -0.1) is 0 Å². The van der Waals surface area contributed by atoms with Crippen molar-refractivity contribution in [2.75, 3.05) is 39.3 Å². The van der Waals surface area contributed by atoms with Gasteiger partial charge in [0.05, 0.1) is 19.4 Å². The number of rotatable bonds is 57. The van der Waals surface area contributed by atoms with E-state index in [9.17, 15) is 92.0 Å². The molecule has 38 heteroatoms. The Bertz CT molecular complexity index is 3710. The first-order valence-electron chi connectivity index (χ1n) is 39.4. The zero-order valence-corrected chi connectivity index (χ0v) is 65.9. The monoisotopic (exact) mass is 1630 g/mol. The van der Waals surface area contributed by atoms with Crippen LogP contribution in [0.5, 0.6) is 5.75 Å². The minimum atomic E-state index is -1.99. The number of carbonyl (C=O) groups is 16. The van der Waals surface area contributed by atoms with Gasteiger partial charge in [-0.3, -0.25) is 76.7 Å². The average molecular weight is 1630 g/mol. The van der Waals surface area contributed by atoms with E-state index in [1.807, 2.05) is 0 Å². The Hall–Kier alpha value is -11.2. The molecular weight excluding hydrogens is 1510 g/mol. The first kappa shape index (κ1) is 97.1. The number of aromatic hydroxyl groups is 1. The van der Waals surface area contributed by atoms with Crippen LogP contribution >= 0.6 is 0 Å². The van der Waals surface area contributed by atoms with Gasteiger partial charge < -0.3 is 119 Å². The van der Waals surface area contributed by atoms with Crippen LogP contribution in [0.2, 0.25) is 0 Å². The van der Waals surface area contributed by atoms with Crippen molar-refractivity contribution < 1.29 is 92.0 Å². The Labute approximate surface area is 674 Å². The number of nitrogens with two attached hydrogens (primary N) is 6. The maximum absolute atomic E-state index is 14.9. The maximum Gasteiger partial charge on any atom is 0.305 e. The minimum absolute atomic E-state index is 0.0601. The van der Waals surface area contributed by atoms with E-state index in [0.29, 0.717) is 42.4 Å². The molecule has 12 atom stereocenters. The van der Waals surface area contributed by atoms with E-state index in [0.717, 1.165) is 0 Å². The highest BCUT2D eigenvalue weighted by atomic mass is 16.4. The third kappa shape index (κ3) is 36.9. The molecule has 1 heterocycles. The van der Waals surface area contributed by atoms with Crippen LogP contribution in [0, 0.1) is 5.92 Å². The summed E-state index contributed by atoms with van der Waals surface area (Å²) >= 11 is 0. The fraction of sp³-hybridized carbons (Fsp3) is 0.564. The van der Waals surface area contributed by atoms with Crippen molar-refractivity contribution in [1.82, 2.24) is 69.1 Å². The molecule has 38 nitrogen and oxygen atoms in total. The fourth-order valence-electron chi connectivity index (χ4n) is 12.6. The normalized spacial score (nSPS) is 15.2. The molecule has 0 aliphatic carbocycles. The summed E-state index contributed by atoms with van der Waals surface area (Å²) in [6, 6.07) is 4.95. The highest BCUT2D eigenvalue weighted by Gasteiger charge is 2.39. The van der Waals surface area contributed by atoms with Crippen LogP contribution in [0.3, 0.4) is 0 Å². The summed E-state index contributed by atoms with van der Waals surface area (Å²) in [6.07, 6.45) is -0.0766. The zero-order chi connectivity index (χ0) is 85.7. The second-order valence-corrected chi connectivity index (χ2v) is 29.0. The number of primary amides is 1. The smallest absolute Gasteiger partial charge is 0.305 e. The molecule has 0 aromatic heterocycles. The van der Waals surface area contributed by atoms with E-state index in [2.05, 4.69) is 69.1 Å². The third-order valence-electron chi connectivity index (χ3n) is 18.9. The summed E-state index contributed by atoms with van der Waals surface area (Å²) in [5.41, 5.74) is 36.2. The van der Waals surface area contributed by atoms with Gasteiger partial charge in [0.2, 0.25) is 82.7 Å². The van der Waals surface area contributed by atoms with E-state index in [1.165, 1.54) is 24.3 Å². The van der Waals surface area contributed by atoms with Gasteiger partial charge in [-0.1, -0.05) is 86.6 Å². The standard InChI is InChI=1S/C78H119N19O19/c1-46(2)39-58(75(113)93-57(67(84)105)40-47-19-5-3-6-20-47)87-64(100)45-85-68(106)59(42-49-28-30-50(98)31-29-49)94-76(114)60(41-48-21-7-4-8-22-48)95-71(109)55(27-13-18-38-83)92-78(116)62(44-66(103)104)97-73(111)54(26-12-17-37-82)89-70(108)52(24-10-15-35-80)91-77(115)61(43-65(101)102)96-72(110)53(25-11-16-36-81)88-69(107)51(23-9-14-34-79)90-74(112)56-32-33-63(99)86-56/h3-8,19-22,28-31,46,51-62,98H,9-18,23-27,32-45,79-83H2,1-2H3,(H2,84,105)(H,85,106)(H,86,99)(H,87,100)(H,88,107)(H,89,108)(H,90,112)(H,91,115)(H,92,116)(H,93,113)(H,94,114)(H,95,109)(H,96,110)(H,97,111)(H,101,102)(H,103,104)/t51-,52-,53-,54-,55-,56-,57-,58-,59-,60-,61-,62-/m0/s1. The van der Waals surface area contributed by atoms with Gasteiger partial charge in [0.15, 0.2) is 0 Å². The summed E-state index contributed by atoms with van der Waals surface area (Å²) in [4.78, 5) is 221. The SMILES string of the molecule is CC(C)C[C@H](NC(=O)CNC(=O)[C@H](Cc1ccc(O)cc1)NC(=O)[C@H](Cc1ccccc1)NC(=O)[C@H](CCCCN)NC(=O)[C@H](CC(=O)O)NC(=O)[C@H](CCCCN)NC(=O)[C@H](CCCCN)NC(=O)[C@H](CC(=O)O)NC(=O)[C@H](CCCCN)NC(=O)[C@H](CCCCN)NC(=O)[C@@H]1CCC(=O)N1)C(=O)N[C@@H](Cc1ccccc1)C(N)=O. The second-order valence-electron chi connectivity index (χ2n) is 29.0. The van der Waals surface area contributed by atoms with Gasteiger partial charge in [-0.25, -0.2) is 0 Å². The van der Waals surface area contributed by atoms with Gasteiger partial charge in [0.25, 0.3) is 0 Å². The van der Waals surface area contributed by atoms with Crippen LogP contribution in [0.4, 0.5) is 0 Å². The molecule has 0 bridgehead atoms. The summed E-state index contributed by atoms with van der Waals surface area (Å²) in [5, 5.41) is 63.6. The molecule has 14 amide bonds. The third-order valence-corrected chi connectivity index (χ3v) is 18.9. The number of nitrogens with one attached hydrogen (secondary N) is 13. The number of carboxylic acid groups (broad SMARTS) is 2. The predicted octanol–water partition coefficient (Wildman–Crippen LogP) is -3.73. The lowest BCUT2D eigenvalue weighted by molar-refractivity contribution is -0.142. The van der Waals surface area contributed by atoms with E-state index in [4.69, 9.17) is 34.4 Å². The number of aliphatic carboxylic acids is 2.